The highest BCUT2D eigenvalue weighted by Gasteiger charge is 2.27. The molecule has 0 fully saturated rings. The molecule has 0 bridgehead atoms. The summed E-state index contributed by atoms with van der Waals surface area (Å²) in [6, 6.07) is 17.7. The summed E-state index contributed by atoms with van der Waals surface area (Å²) < 4.78 is 27.9. The van der Waals surface area contributed by atoms with Gasteiger partial charge in [0.2, 0.25) is 5.91 Å². The number of benzene rings is 3. The first-order valence-electron chi connectivity index (χ1n) is 9.84. The number of carbonyl (C=O) groups excluding carboxylic acids is 2. The Kier molecular flexibility index (Phi) is 7.01. The number of amides is 1. The first kappa shape index (κ1) is 23.5. The van der Waals surface area contributed by atoms with Crippen LogP contribution in [0.1, 0.15) is 28.4 Å². The third-order valence-electron chi connectivity index (χ3n) is 4.89. The molecule has 166 valence electrons. The Morgan fingerprint density at radius 3 is 2.28 bits per heavy atom. The van der Waals surface area contributed by atoms with Gasteiger partial charge < -0.3 is 5.32 Å². The standard InChI is InChI=1S/C24H23ClN2O4S/c1-16-7-11-22(12-8-16)32(30,31)27(21-10-9-17(2)23(25)14-21)15-24(29)26-20-6-4-5-19(13-20)18(3)28/h4-14H,15H2,1-3H3,(H,26,29). The number of rotatable bonds is 7. The van der Waals surface area contributed by atoms with E-state index < -0.39 is 22.5 Å². The number of nitrogens with zero attached hydrogens (tertiary/aromatic N) is 1. The number of hydrogen-bond acceptors (Lipinski definition) is 4. The number of sulfonamides is 1. The Morgan fingerprint density at radius 1 is 0.969 bits per heavy atom. The maximum Gasteiger partial charge on any atom is 0.264 e. The van der Waals surface area contributed by atoms with Crippen LogP contribution in [0.4, 0.5) is 11.4 Å². The quantitative estimate of drug-likeness (QED) is 0.493. The lowest BCUT2D eigenvalue weighted by atomic mass is 10.1. The van der Waals surface area contributed by atoms with E-state index >= 15 is 0 Å². The van der Waals surface area contributed by atoms with Crippen molar-refractivity contribution in [2.45, 2.75) is 25.7 Å². The van der Waals surface area contributed by atoms with Crippen LogP contribution in [0.3, 0.4) is 0 Å². The summed E-state index contributed by atoms with van der Waals surface area (Å²) in [5, 5.41) is 3.06. The number of anilines is 2. The molecule has 3 rings (SSSR count). The van der Waals surface area contributed by atoms with Gasteiger partial charge in [-0.1, -0.05) is 47.5 Å². The topological polar surface area (TPSA) is 83.6 Å². The number of ketones is 1. The minimum absolute atomic E-state index is 0.0613. The number of carbonyl (C=O) groups is 2. The zero-order valence-electron chi connectivity index (χ0n) is 17.9. The van der Waals surface area contributed by atoms with Crippen LogP contribution in [-0.2, 0) is 14.8 Å². The number of Topliss-reactive ketones (excluding diaryl/α,β-unsaturated/α-hetero) is 1. The minimum Gasteiger partial charge on any atom is -0.324 e. The Bertz CT molecular complexity index is 1270. The van der Waals surface area contributed by atoms with E-state index in [2.05, 4.69) is 5.32 Å². The van der Waals surface area contributed by atoms with Gasteiger partial charge in [0.15, 0.2) is 5.78 Å². The van der Waals surface area contributed by atoms with Crippen LogP contribution in [0.15, 0.2) is 71.6 Å². The van der Waals surface area contributed by atoms with E-state index in [4.69, 9.17) is 11.6 Å². The first-order valence-corrected chi connectivity index (χ1v) is 11.7. The smallest absolute Gasteiger partial charge is 0.264 e. The van der Waals surface area contributed by atoms with Gasteiger partial charge in [-0.2, -0.15) is 0 Å². The SMILES string of the molecule is CC(=O)c1cccc(NC(=O)CN(c2ccc(C)c(Cl)c2)S(=O)(=O)c2ccc(C)cc2)c1. The molecule has 3 aromatic carbocycles. The van der Waals surface area contributed by atoms with Crippen LogP contribution in [0.5, 0.6) is 0 Å². The molecule has 0 saturated carbocycles. The predicted octanol–water partition coefficient (Wildman–Crippen LogP) is 4.99. The molecule has 0 aromatic heterocycles. The van der Waals surface area contributed by atoms with Gasteiger partial charge in [0.05, 0.1) is 10.6 Å². The third-order valence-corrected chi connectivity index (χ3v) is 7.09. The number of hydrogen-bond donors (Lipinski definition) is 1. The molecule has 0 aliphatic carbocycles. The van der Waals surface area contributed by atoms with E-state index in [-0.39, 0.29) is 16.4 Å². The fourth-order valence-corrected chi connectivity index (χ4v) is 4.62. The molecule has 0 saturated heterocycles. The minimum atomic E-state index is -4.05. The zero-order valence-corrected chi connectivity index (χ0v) is 19.5. The highest BCUT2D eigenvalue weighted by Crippen LogP contribution is 2.28. The maximum absolute atomic E-state index is 13.4. The van der Waals surface area contributed by atoms with Gasteiger partial charge >= 0.3 is 0 Å². The van der Waals surface area contributed by atoms with Crippen LogP contribution in [-0.4, -0.2) is 26.7 Å². The molecule has 0 heterocycles. The summed E-state index contributed by atoms with van der Waals surface area (Å²) in [6.45, 7) is 4.62. The molecule has 0 unspecified atom stereocenters. The molecule has 0 aliphatic heterocycles. The fourth-order valence-electron chi connectivity index (χ4n) is 3.04. The molecule has 0 atom stereocenters. The lowest BCUT2D eigenvalue weighted by molar-refractivity contribution is -0.114. The Balaban J connectivity index is 1.96. The Labute approximate surface area is 192 Å². The summed E-state index contributed by atoms with van der Waals surface area (Å²) >= 11 is 6.23. The molecule has 8 heteroatoms. The average molecular weight is 471 g/mol. The summed E-state index contributed by atoms with van der Waals surface area (Å²) in [7, 11) is -4.05. The lowest BCUT2D eigenvalue weighted by Crippen LogP contribution is -2.38. The molecule has 3 aromatic rings. The third kappa shape index (κ3) is 5.36. The second-order valence-corrected chi connectivity index (χ2v) is 9.71. The largest absolute Gasteiger partial charge is 0.324 e. The maximum atomic E-state index is 13.4. The lowest BCUT2D eigenvalue weighted by Gasteiger charge is -2.24. The van der Waals surface area contributed by atoms with Crippen molar-refractivity contribution >= 4 is 44.7 Å². The number of nitrogens with one attached hydrogen (secondary N) is 1. The van der Waals surface area contributed by atoms with Crippen molar-refractivity contribution in [1.29, 1.82) is 0 Å². The second-order valence-electron chi connectivity index (χ2n) is 7.44. The van der Waals surface area contributed by atoms with Crippen molar-refractivity contribution in [3.63, 3.8) is 0 Å². The Hall–Kier alpha value is -3.16. The normalized spacial score (nSPS) is 11.1. The van der Waals surface area contributed by atoms with E-state index in [1.54, 1.807) is 55.5 Å². The van der Waals surface area contributed by atoms with Crippen LogP contribution < -0.4 is 9.62 Å². The molecular weight excluding hydrogens is 448 g/mol. The van der Waals surface area contributed by atoms with E-state index in [0.29, 0.717) is 16.3 Å². The van der Waals surface area contributed by atoms with Gasteiger partial charge in [-0.25, -0.2) is 8.42 Å². The van der Waals surface area contributed by atoms with Gasteiger partial charge in [-0.15, -0.1) is 0 Å². The molecule has 1 amide bonds. The zero-order chi connectivity index (χ0) is 23.5. The monoisotopic (exact) mass is 470 g/mol. The van der Waals surface area contributed by atoms with Gasteiger partial charge in [0.1, 0.15) is 6.54 Å². The van der Waals surface area contributed by atoms with Crippen LogP contribution in [0.25, 0.3) is 0 Å². The van der Waals surface area contributed by atoms with E-state index in [9.17, 15) is 18.0 Å². The summed E-state index contributed by atoms with van der Waals surface area (Å²) in [5.41, 5.74) is 2.81. The van der Waals surface area contributed by atoms with Crippen molar-refractivity contribution in [2.75, 3.05) is 16.2 Å². The van der Waals surface area contributed by atoms with Gasteiger partial charge in [-0.05, 0) is 62.7 Å². The fraction of sp³-hybridized carbons (Fsp3) is 0.167. The van der Waals surface area contributed by atoms with E-state index in [1.807, 2.05) is 6.92 Å². The first-order chi connectivity index (χ1) is 15.1. The van der Waals surface area contributed by atoms with Crippen LogP contribution in [0.2, 0.25) is 5.02 Å². The van der Waals surface area contributed by atoms with Crippen molar-refractivity contribution in [3.05, 3.63) is 88.4 Å². The molecule has 0 aliphatic rings. The van der Waals surface area contributed by atoms with E-state index in [0.717, 1.165) is 15.4 Å². The van der Waals surface area contributed by atoms with Gasteiger partial charge in [-0.3, -0.25) is 13.9 Å². The molecular formula is C24H23ClN2O4S. The molecule has 1 N–H and O–H groups in total. The van der Waals surface area contributed by atoms with Crippen molar-refractivity contribution < 1.29 is 18.0 Å². The Morgan fingerprint density at radius 2 is 1.66 bits per heavy atom. The summed E-state index contributed by atoms with van der Waals surface area (Å²) in [6.07, 6.45) is 0. The highest BCUT2D eigenvalue weighted by molar-refractivity contribution is 7.92. The second kappa shape index (κ2) is 9.54. The van der Waals surface area contributed by atoms with Gasteiger partial charge in [0, 0.05) is 16.3 Å². The highest BCUT2D eigenvalue weighted by atomic mass is 35.5. The molecule has 0 spiro atoms. The predicted molar refractivity (Wildman–Crippen MR) is 127 cm³/mol. The number of aryl methyl sites for hydroxylation is 2. The summed E-state index contributed by atoms with van der Waals surface area (Å²) in [4.78, 5) is 24.5. The van der Waals surface area contributed by atoms with E-state index in [1.165, 1.54) is 25.1 Å². The molecule has 6 nitrogen and oxygen atoms in total. The van der Waals surface area contributed by atoms with Crippen LogP contribution in [0, 0.1) is 13.8 Å². The molecule has 0 radical (unpaired) electrons. The van der Waals surface area contributed by atoms with Crippen molar-refractivity contribution in [1.82, 2.24) is 0 Å². The average Bonchev–Trinajstić information content (AvgIpc) is 2.74. The number of halogens is 1. The molecule has 32 heavy (non-hydrogen) atoms. The van der Waals surface area contributed by atoms with Crippen molar-refractivity contribution in [3.8, 4) is 0 Å². The van der Waals surface area contributed by atoms with Crippen molar-refractivity contribution in [2.24, 2.45) is 0 Å². The summed E-state index contributed by atoms with van der Waals surface area (Å²) in [5.74, 6) is -0.697. The van der Waals surface area contributed by atoms with Gasteiger partial charge in [0.25, 0.3) is 10.0 Å². The van der Waals surface area contributed by atoms with Crippen LogP contribution >= 0.6 is 11.6 Å².